The number of methoxy groups -OCH3 is 5. The Morgan fingerprint density at radius 1 is 0.588 bits per heavy atom. The monoisotopic (exact) mass is 2010 g/mol. The number of halogens is 3. The minimum Gasteiger partial charge on any atom is -1.00 e. The summed E-state index contributed by atoms with van der Waals surface area (Å²) in [5.41, 5.74) is 4.94. The number of amides is 4. The number of hydrazine groups is 1. The van der Waals surface area contributed by atoms with Gasteiger partial charge in [0.25, 0.3) is 21.6 Å². The number of carbonyl (C=O) groups excluding carboxylic acids is 9. The summed E-state index contributed by atoms with van der Waals surface area (Å²) in [5, 5.41) is 42.1. The van der Waals surface area contributed by atoms with Crippen molar-refractivity contribution >= 4 is 113 Å². The van der Waals surface area contributed by atoms with Crippen molar-refractivity contribution in [3.8, 4) is 41.2 Å². The molecule has 48 nitrogen and oxygen atoms in total. The first kappa shape index (κ1) is 133. The van der Waals surface area contributed by atoms with Gasteiger partial charge in [-0.3, -0.25) is 57.8 Å². The summed E-state index contributed by atoms with van der Waals surface area (Å²) in [4.78, 5) is 114. The van der Waals surface area contributed by atoms with Crippen molar-refractivity contribution in [2.75, 3.05) is 131 Å². The van der Waals surface area contributed by atoms with Gasteiger partial charge in [0.1, 0.15) is 39.3 Å². The van der Waals surface area contributed by atoms with Crippen LogP contribution in [-0.2, 0) is 140 Å². The molecule has 0 aliphatic carbocycles. The van der Waals surface area contributed by atoms with E-state index in [1.165, 1.54) is 68.3 Å². The van der Waals surface area contributed by atoms with E-state index in [-0.39, 0.29) is 103 Å². The summed E-state index contributed by atoms with van der Waals surface area (Å²) >= 11 is 6.61. The van der Waals surface area contributed by atoms with Crippen LogP contribution in [-0.4, -0.2) is 306 Å². The third-order valence-corrected chi connectivity index (χ3v) is 15.0. The van der Waals surface area contributed by atoms with Crippen LogP contribution in [0.1, 0.15) is 141 Å². The number of nitrogens with zero attached hydrogens (tertiary/aromatic N) is 16. The molecule has 1 aliphatic heterocycles. The molecule has 0 fully saturated rings. The number of aryl methyl sites for hydroxylation is 6. The van der Waals surface area contributed by atoms with Gasteiger partial charge in [-0.1, -0.05) is 0 Å². The van der Waals surface area contributed by atoms with Crippen LogP contribution in [0, 0.1) is 11.8 Å². The van der Waals surface area contributed by atoms with Crippen molar-refractivity contribution in [3.05, 3.63) is 91.1 Å². The van der Waals surface area contributed by atoms with Gasteiger partial charge in [-0.05, 0) is 113 Å². The number of thiol groups is 1. The number of nitrogens with two attached hydrogens (primary N) is 1. The second kappa shape index (κ2) is 68.9. The van der Waals surface area contributed by atoms with Crippen LogP contribution >= 0.6 is 41.2 Å². The maximum Gasteiger partial charge on any atom is -1.00 e. The summed E-state index contributed by atoms with van der Waals surface area (Å²) in [5.74, 6) is 8.28. The Morgan fingerprint density at radius 2 is 0.947 bits per heavy atom. The largest absolute Gasteiger partial charge is 1.00 e. The standard InChI is InChI=1S/C12H20BrN3O3.C12H21N3O3.2C8H12N2O3.C8H10O4.C7H12N2O4S.C7H10N2O3.C6H10N2O2.C6H13NO2.C2H8N2.CH4O.BHNS.2ClH/c1-12(2,3)19-11(17)15(4)7-8-9(13)10(18-6)14-16(8)5;1-12(2,3)18-11(16)14(4)8-9-7-10(17-6)13-15(9)5;1-4-13-8(11)6-5-7(12-3)9-10(6)2;1-4-13-8(12)6-5-7(11)9-10(6,2)3;1-3-11-7(9)5-6-8(10)12-4-2;1-9-6(4-7(8-9)12-2)5-13-14(3,10)11;1-3-12-7(11)5-4-6(10)8-9(5)2;1-8-5(4-9)3-6(7-8)10-2;1-6(2,3)9-5(8)7-4;1-4(2)3;1-2;1-2-3;;/h7H2,1-6H3;7H,8H2,1-6H3;2*5H,4H2,1-3H3;3-4H2,1-2H3;4H,5H2,1-3H3;4H,3H2,1-2H3,(H,8,10);3,9H,4H2,1-2H3;1-4H3,(H,7,8);3H2,1-2H3;2H,1H3;3H;2*1H. The molecular formula is C77H135BBrCl2N20O28S2. The van der Waals surface area contributed by atoms with E-state index in [0.717, 1.165) is 34.9 Å². The Morgan fingerprint density at radius 3 is 1.25 bits per heavy atom. The maximum atomic E-state index is 11.9. The number of nitrogens with one attached hydrogen (secondary N) is 3. The summed E-state index contributed by atoms with van der Waals surface area (Å²) in [6, 6.07) is 7.85. The minimum absolute atomic E-state index is 0. The third kappa shape index (κ3) is 61.3. The van der Waals surface area contributed by atoms with Crippen LogP contribution in [0.5, 0.6) is 29.4 Å². The molecule has 54 heteroatoms. The Hall–Kier alpha value is -11.0. The molecule has 7 rings (SSSR count). The summed E-state index contributed by atoms with van der Waals surface area (Å²) in [6.45, 7) is 27.2. The molecular weight excluding hydrogens is 1880 g/mol. The molecule has 6 aromatic heterocycles. The molecule has 747 valence electrons. The van der Waals surface area contributed by atoms with Gasteiger partial charge >= 0.3 is 72.9 Å². The van der Waals surface area contributed by atoms with E-state index >= 15 is 0 Å². The normalized spacial score (nSPS) is 10.8. The molecule has 0 spiro atoms. The van der Waals surface area contributed by atoms with Gasteiger partial charge in [-0.25, -0.2) is 38.4 Å². The van der Waals surface area contributed by atoms with Crippen molar-refractivity contribution < 1.29 is 145 Å². The fourth-order valence-electron chi connectivity index (χ4n) is 8.14. The van der Waals surface area contributed by atoms with E-state index in [1.54, 1.807) is 173 Å². The molecule has 7 N–H and O–H groups in total. The topological polar surface area (TPSA) is 557 Å². The molecule has 0 unspecified atom stereocenters. The molecule has 131 heavy (non-hydrogen) atoms. The van der Waals surface area contributed by atoms with Gasteiger partial charge in [0.15, 0.2) is 0 Å². The zero-order chi connectivity index (χ0) is 101. The van der Waals surface area contributed by atoms with Crippen molar-refractivity contribution in [1.29, 1.82) is 0 Å². The number of hydrogen-bond donors (Lipinski definition) is 7. The fourth-order valence-corrected chi connectivity index (χ4v) is 9.10. The Bertz CT molecular complexity index is 4650. The first-order chi connectivity index (χ1) is 59.7. The summed E-state index contributed by atoms with van der Waals surface area (Å²) in [6.07, 6.45) is 1.14. The Kier molecular flexibility index (Phi) is 70.0. The second-order valence-electron chi connectivity index (χ2n) is 28.5. The second-order valence-corrected chi connectivity index (χ2v) is 31.2. The van der Waals surface area contributed by atoms with Crippen LogP contribution in [0.25, 0.3) is 0 Å². The molecule has 0 aromatic carbocycles. The van der Waals surface area contributed by atoms with Gasteiger partial charge in [0.05, 0.1) is 137 Å². The number of aromatic nitrogens is 12. The number of hydrogen-bond acceptors (Lipinski definition) is 37. The SMILES string of the molecule is CCOC(=O)C#CC(=O)OCC.CCOC(=O)C1=CC(=O)N[N+]1(C)C.CCOC(=O)c1cc(=O)[nH]n1C.CCOC(=O)c1cc(OC)nn1C.CN(C)N.CNC(=O)OC(C)(C)C.CO.COc1cc(CN(C)C(=O)OC(C)(C)C)n(C)n1.COc1cc(CO)n(C)n1.COc1cc(COS(C)(=O)=O)n(C)n1.COc1nn(C)c(CN(C)C(=O)OC(C)(C)C)c1Br.Cl.[B]=NS.[Cl-]. The number of aromatic amines is 1. The quantitative estimate of drug-likeness (QED) is 0.00518. The maximum absolute atomic E-state index is 11.9. The fraction of sp³-hybridized carbons (Fsp3) is 0.597. The first-order valence-electron chi connectivity index (χ1n) is 38.4. The van der Waals surface area contributed by atoms with Crippen molar-refractivity contribution in [1.82, 2.24) is 84.2 Å². The van der Waals surface area contributed by atoms with Gasteiger partial charge in [-0.15, -0.1) is 37.9 Å². The average Bonchev–Trinajstić information content (AvgIpc) is 1.67. The molecule has 0 atom stereocenters. The first-order valence-corrected chi connectivity index (χ1v) is 41.4. The Balaban J connectivity index is -0.000000262. The van der Waals surface area contributed by atoms with E-state index in [2.05, 4.69) is 95.7 Å². The van der Waals surface area contributed by atoms with E-state index in [9.17, 15) is 56.4 Å². The van der Waals surface area contributed by atoms with Crippen LogP contribution in [0.4, 0.5) is 14.4 Å². The number of carbonyl (C=O) groups is 9. The molecule has 4 amide bonds. The summed E-state index contributed by atoms with van der Waals surface area (Å²) in [7, 11) is 31.7. The third-order valence-electron chi connectivity index (χ3n) is 13.6. The van der Waals surface area contributed by atoms with Gasteiger partial charge in [0.2, 0.25) is 35.1 Å². The summed E-state index contributed by atoms with van der Waals surface area (Å²) < 4.78 is 102. The van der Waals surface area contributed by atoms with Crippen LogP contribution in [0.2, 0.25) is 0 Å². The van der Waals surface area contributed by atoms with Crippen LogP contribution < -0.4 is 58.2 Å². The van der Waals surface area contributed by atoms with Crippen molar-refractivity contribution in [2.45, 2.75) is 140 Å². The molecule has 1 radical (unpaired) electrons. The smallest absolute Gasteiger partial charge is 1.00 e. The molecule has 1 aliphatic rings. The molecule has 7 heterocycles. The number of quaternary nitrogens is 1. The number of likely N-dealkylation sites (N-methyl/N-ethyl adjacent to an activating group) is 1. The molecule has 0 saturated carbocycles. The predicted octanol–water partition coefficient (Wildman–Crippen LogP) is 2.13. The molecule has 6 aromatic rings. The van der Waals surface area contributed by atoms with E-state index in [4.69, 9.17) is 68.2 Å². The number of H-pyrrole nitrogens is 1. The van der Waals surface area contributed by atoms with Gasteiger partial charge in [0, 0.05) is 127 Å². The minimum atomic E-state index is -3.42. The predicted molar refractivity (Wildman–Crippen MR) is 487 cm³/mol. The average molecular weight is 2010 g/mol. The molecule has 0 saturated heterocycles. The number of alkyl carbamates (subject to hydrolysis) is 1. The van der Waals surface area contributed by atoms with Crippen molar-refractivity contribution in [2.24, 2.45) is 52.4 Å². The van der Waals surface area contributed by atoms with Gasteiger partial charge < -0.3 is 99.3 Å². The zero-order valence-electron chi connectivity index (χ0n) is 81.2. The number of rotatable bonds is 21. The number of ether oxygens (including phenoxy) is 13. The molecule has 0 bridgehead atoms. The number of aliphatic hydroxyl groups is 2. The van der Waals surface area contributed by atoms with E-state index < -0.39 is 45.2 Å². The van der Waals surface area contributed by atoms with Gasteiger partial charge in [-0.2, -0.15) is 18.4 Å². The Labute approximate surface area is 793 Å². The van der Waals surface area contributed by atoms with E-state index in [1.807, 2.05) is 74.2 Å². The number of esters is 5. The van der Waals surface area contributed by atoms with E-state index in [0.29, 0.717) is 79.4 Å². The number of aliphatic hydroxyl groups excluding tert-OH is 2. The van der Waals surface area contributed by atoms with Crippen LogP contribution in [0.15, 0.2) is 55.7 Å². The van der Waals surface area contributed by atoms with Crippen molar-refractivity contribution in [3.63, 3.8) is 0 Å². The van der Waals surface area contributed by atoms with Crippen LogP contribution in [0.3, 0.4) is 0 Å². The zero-order valence-corrected chi connectivity index (χ0v) is 86.0.